The van der Waals surface area contributed by atoms with Crippen molar-refractivity contribution in [1.82, 2.24) is 25.3 Å². The molecule has 0 atom stereocenters. The third-order valence-electron chi connectivity index (χ3n) is 5.29. The van der Waals surface area contributed by atoms with Gasteiger partial charge >= 0.3 is 12.1 Å². The number of ether oxygens (including phenoxy) is 2. The van der Waals surface area contributed by atoms with Crippen molar-refractivity contribution < 1.29 is 31.9 Å². The van der Waals surface area contributed by atoms with E-state index in [1.165, 1.54) is 0 Å². The minimum absolute atomic E-state index is 0.0499. The molecule has 9 nitrogen and oxygen atoms in total. The van der Waals surface area contributed by atoms with E-state index in [0.29, 0.717) is 48.8 Å². The number of hydrogen-bond acceptors (Lipinski definition) is 7. The minimum Gasteiger partial charge on any atom is -0.454 e. The summed E-state index contributed by atoms with van der Waals surface area (Å²) >= 11 is 0. The lowest BCUT2D eigenvalue weighted by atomic mass is 9.96. The maximum absolute atomic E-state index is 12.8. The molecule has 1 fully saturated rings. The van der Waals surface area contributed by atoms with Crippen molar-refractivity contribution in [3.8, 4) is 22.8 Å². The van der Waals surface area contributed by atoms with Gasteiger partial charge in [-0.05, 0) is 37.1 Å². The van der Waals surface area contributed by atoms with E-state index in [0.717, 1.165) is 5.56 Å². The number of halogens is 3. The molecule has 2 aliphatic rings. The molecule has 1 aromatic carbocycles. The molecule has 0 spiro atoms. The molecule has 0 aliphatic carbocycles. The Balaban J connectivity index is 1.23. The number of nitrogens with zero attached hydrogens (tertiary/aromatic N) is 4. The second-order valence-corrected chi connectivity index (χ2v) is 7.24. The fourth-order valence-corrected chi connectivity index (χ4v) is 3.65. The molecular weight excluding hydrogens is 419 g/mol. The molecular formula is C19H16F3N5O4. The number of fused-ring (bicyclic) bond motifs is 1. The normalized spacial score (nSPS) is 16.7. The van der Waals surface area contributed by atoms with Gasteiger partial charge in [0.2, 0.25) is 12.7 Å². The lowest BCUT2D eigenvalue weighted by molar-refractivity contribution is -0.157. The van der Waals surface area contributed by atoms with Crippen LogP contribution < -0.4 is 9.47 Å². The van der Waals surface area contributed by atoms with Crippen LogP contribution in [0.3, 0.4) is 0 Å². The number of H-pyrrole nitrogens is 1. The van der Waals surface area contributed by atoms with Crippen LogP contribution in [0.25, 0.3) is 11.3 Å². The molecule has 0 bridgehead atoms. The molecule has 31 heavy (non-hydrogen) atoms. The lowest BCUT2D eigenvalue weighted by Gasteiger charge is -2.30. The summed E-state index contributed by atoms with van der Waals surface area (Å²) < 4.78 is 53.3. The first-order valence-electron chi connectivity index (χ1n) is 9.54. The topological polar surface area (TPSA) is 106 Å². The summed E-state index contributed by atoms with van der Waals surface area (Å²) in [5, 5.41) is 13.5. The van der Waals surface area contributed by atoms with Crippen LogP contribution in [0.1, 0.15) is 41.0 Å². The number of nitrogens with one attached hydrogen (secondary N) is 1. The highest BCUT2D eigenvalue weighted by atomic mass is 19.4. The summed E-state index contributed by atoms with van der Waals surface area (Å²) in [6.45, 7) is 0.872. The Morgan fingerprint density at radius 2 is 1.87 bits per heavy atom. The molecule has 162 valence electrons. The second kappa shape index (κ2) is 7.29. The van der Waals surface area contributed by atoms with E-state index in [1.807, 2.05) is 6.07 Å². The van der Waals surface area contributed by atoms with Crippen molar-refractivity contribution in [2.45, 2.75) is 24.9 Å². The predicted octanol–water partition coefficient (Wildman–Crippen LogP) is 3.23. The van der Waals surface area contributed by atoms with E-state index in [2.05, 4.69) is 20.4 Å². The summed E-state index contributed by atoms with van der Waals surface area (Å²) in [5.41, 5.74) is 1.68. The van der Waals surface area contributed by atoms with Crippen LogP contribution in [0.15, 0.2) is 28.7 Å². The first-order valence-corrected chi connectivity index (χ1v) is 9.54. The first-order chi connectivity index (χ1) is 14.9. The molecule has 2 aromatic heterocycles. The van der Waals surface area contributed by atoms with Crippen molar-refractivity contribution in [3.05, 3.63) is 41.7 Å². The van der Waals surface area contributed by atoms with Gasteiger partial charge in [0, 0.05) is 24.6 Å². The number of amides is 1. The zero-order chi connectivity index (χ0) is 21.6. The van der Waals surface area contributed by atoms with Crippen LogP contribution in [0.5, 0.6) is 11.5 Å². The van der Waals surface area contributed by atoms with Crippen LogP contribution >= 0.6 is 0 Å². The fourth-order valence-electron chi connectivity index (χ4n) is 3.65. The number of hydrogen-bond donors (Lipinski definition) is 1. The second-order valence-electron chi connectivity index (χ2n) is 7.24. The summed E-state index contributed by atoms with van der Waals surface area (Å²) in [4.78, 5) is 14.4. The van der Waals surface area contributed by atoms with Crippen LogP contribution in [0.2, 0.25) is 0 Å². The maximum atomic E-state index is 12.8. The number of rotatable bonds is 3. The van der Waals surface area contributed by atoms with Crippen LogP contribution in [0.4, 0.5) is 13.2 Å². The van der Waals surface area contributed by atoms with Gasteiger partial charge in [-0.25, -0.2) is 0 Å². The van der Waals surface area contributed by atoms with Gasteiger partial charge in [-0.15, -0.1) is 10.2 Å². The predicted molar refractivity (Wildman–Crippen MR) is 97.3 cm³/mol. The molecule has 1 saturated heterocycles. The van der Waals surface area contributed by atoms with E-state index in [-0.39, 0.29) is 24.5 Å². The third kappa shape index (κ3) is 3.68. The van der Waals surface area contributed by atoms with Crippen molar-refractivity contribution in [1.29, 1.82) is 0 Å². The van der Waals surface area contributed by atoms with Gasteiger partial charge in [-0.3, -0.25) is 9.89 Å². The van der Waals surface area contributed by atoms with Crippen molar-refractivity contribution in [3.63, 3.8) is 0 Å². The van der Waals surface area contributed by atoms with Crippen LogP contribution in [-0.2, 0) is 6.18 Å². The fraction of sp³-hybridized carbons (Fsp3) is 0.368. The highest BCUT2D eigenvalue weighted by Crippen LogP contribution is 2.36. The zero-order valence-electron chi connectivity index (χ0n) is 16.0. The quantitative estimate of drug-likeness (QED) is 0.673. The Hall–Kier alpha value is -3.57. The Kier molecular flexibility index (Phi) is 4.56. The van der Waals surface area contributed by atoms with Gasteiger partial charge in [0.15, 0.2) is 11.5 Å². The smallest absolute Gasteiger partial charge is 0.454 e. The highest BCUT2D eigenvalue weighted by Gasteiger charge is 2.39. The van der Waals surface area contributed by atoms with Gasteiger partial charge in [-0.2, -0.15) is 18.3 Å². The van der Waals surface area contributed by atoms with E-state index in [1.54, 1.807) is 23.1 Å². The standard InChI is InChI=1S/C19H16F3N5O4/c20-19(21,22)18-26-25-16(31-18)10-3-5-27(6-4-10)17(28)13-8-12(23-24-13)11-1-2-14-15(7-11)30-9-29-14/h1-2,7-8,10H,3-6,9H2,(H,23,24). The van der Waals surface area contributed by atoms with Gasteiger partial charge in [0.1, 0.15) is 5.69 Å². The SMILES string of the molecule is O=C(c1cc(-c2ccc3c(c2)OCO3)n[nH]1)N1CCC(c2nnc(C(F)(F)F)o2)CC1. The van der Waals surface area contributed by atoms with Gasteiger partial charge in [0.05, 0.1) is 5.69 Å². The monoisotopic (exact) mass is 435 g/mol. The highest BCUT2D eigenvalue weighted by molar-refractivity contribution is 5.93. The molecule has 1 amide bonds. The number of carbonyl (C=O) groups excluding carboxylic acids is 1. The largest absolute Gasteiger partial charge is 0.470 e. The number of benzene rings is 1. The number of carbonyl (C=O) groups is 1. The third-order valence-corrected chi connectivity index (χ3v) is 5.29. The van der Waals surface area contributed by atoms with Gasteiger partial charge in [-0.1, -0.05) is 0 Å². The molecule has 4 heterocycles. The van der Waals surface area contributed by atoms with Gasteiger partial charge < -0.3 is 18.8 Å². The number of aromatic amines is 1. The van der Waals surface area contributed by atoms with E-state index in [9.17, 15) is 18.0 Å². The molecule has 3 aromatic rings. The Morgan fingerprint density at radius 3 is 2.61 bits per heavy atom. The summed E-state index contributed by atoms with van der Waals surface area (Å²) in [5.74, 6) is -0.689. The minimum atomic E-state index is -4.67. The molecule has 0 saturated carbocycles. The maximum Gasteiger partial charge on any atom is 0.470 e. The number of alkyl halides is 3. The van der Waals surface area contributed by atoms with Crippen LogP contribution in [-0.4, -0.2) is 51.1 Å². The summed E-state index contributed by atoms with van der Waals surface area (Å²) in [6.07, 6.45) is -3.82. The van der Waals surface area contributed by atoms with Crippen molar-refractivity contribution >= 4 is 5.91 Å². The van der Waals surface area contributed by atoms with Crippen molar-refractivity contribution in [2.75, 3.05) is 19.9 Å². The summed E-state index contributed by atoms with van der Waals surface area (Å²) in [7, 11) is 0. The first kappa shape index (κ1) is 19.4. The van der Waals surface area contributed by atoms with E-state index >= 15 is 0 Å². The lowest BCUT2D eigenvalue weighted by Crippen LogP contribution is -2.38. The Bertz CT molecular complexity index is 1120. The molecule has 0 unspecified atom stereocenters. The number of piperidine rings is 1. The number of likely N-dealkylation sites (tertiary alicyclic amines) is 1. The van der Waals surface area contributed by atoms with Gasteiger partial charge in [0.25, 0.3) is 5.91 Å². The Labute approximate surface area is 173 Å². The van der Waals surface area contributed by atoms with E-state index < -0.39 is 12.1 Å². The molecule has 12 heteroatoms. The molecule has 5 rings (SSSR count). The molecule has 1 N–H and O–H groups in total. The molecule has 2 aliphatic heterocycles. The summed E-state index contributed by atoms with van der Waals surface area (Å²) in [6, 6.07) is 7.04. The van der Waals surface area contributed by atoms with Crippen molar-refractivity contribution in [2.24, 2.45) is 0 Å². The van der Waals surface area contributed by atoms with E-state index in [4.69, 9.17) is 13.9 Å². The average molecular weight is 435 g/mol. The van der Waals surface area contributed by atoms with Crippen LogP contribution in [0, 0.1) is 0 Å². The Morgan fingerprint density at radius 1 is 1.10 bits per heavy atom. The molecule has 0 radical (unpaired) electrons. The number of aromatic nitrogens is 4. The average Bonchev–Trinajstić information content (AvgIpc) is 3.52. The zero-order valence-corrected chi connectivity index (χ0v) is 16.0.